The lowest BCUT2D eigenvalue weighted by molar-refractivity contribution is 0.252. The van der Waals surface area contributed by atoms with Gasteiger partial charge in [-0.1, -0.05) is 11.6 Å². The van der Waals surface area contributed by atoms with Crippen molar-refractivity contribution in [2.24, 2.45) is 5.73 Å². The third-order valence-corrected chi connectivity index (χ3v) is 3.20. The minimum absolute atomic E-state index is 0.580. The van der Waals surface area contributed by atoms with Gasteiger partial charge in [0.05, 0.1) is 11.2 Å². The molecule has 6 heteroatoms. The average Bonchev–Trinajstić information content (AvgIpc) is 2.83. The molecule has 2 amide bonds. The topological polar surface area (TPSA) is 64.2 Å². The van der Waals surface area contributed by atoms with Gasteiger partial charge < -0.3 is 5.73 Å². The number of anilines is 1. The van der Waals surface area contributed by atoms with E-state index in [9.17, 15) is 4.79 Å². The number of nitrogens with two attached hydrogens (primary N) is 1. The van der Waals surface area contributed by atoms with E-state index in [0.29, 0.717) is 10.7 Å². The van der Waals surface area contributed by atoms with Gasteiger partial charge in [-0.15, -0.1) is 0 Å². The van der Waals surface area contributed by atoms with Gasteiger partial charge in [0.15, 0.2) is 0 Å². The number of benzene rings is 1. The summed E-state index contributed by atoms with van der Waals surface area (Å²) in [4.78, 5) is 15.7. The highest BCUT2D eigenvalue weighted by Crippen LogP contribution is 2.23. The molecule has 3 rings (SSSR count). The number of hydrogen-bond donors (Lipinski definition) is 1. The van der Waals surface area contributed by atoms with E-state index in [1.54, 1.807) is 41.5 Å². The molecule has 0 saturated heterocycles. The first-order valence-corrected chi connectivity index (χ1v) is 6.31. The Morgan fingerprint density at radius 1 is 1.20 bits per heavy atom. The van der Waals surface area contributed by atoms with Crippen molar-refractivity contribution < 1.29 is 4.79 Å². The van der Waals surface area contributed by atoms with Gasteiger partial charge in [-0.3, -0.25) is 9.66 Å². The van der Waals surface area contributed by atoms with Crippen LogP contribution in [0.1, 0.15) is 0 Å². The average molecular weight is 287 g/mol. The van der Waals surface area contributed by atoms with Crippen LogP contribution in [0.25, 0.3) is 10.9 Å². The maximum absolute atomic E-state index is 11.8. The molecule has 20 heavy (non-hydrogen) atoms. The molecule has 1 aromatic carbocycles. The van der Waals surface area contributed by atoms with Gasteiger partial charge in [-0.2, -0.15) is 5.01 Å². The molecule has 100 valence electrons. The zero-order valence-electron chi connectivity index (χ0n) is 10.4. The third kappa shape index (κ3) is 2.08. The molecular weight excluding hydrogens is 276 g/mol. The van der Waals surface area contributed by atoms with E-state index in [1.807, 2.05) is 18.2 Å². The van der Waals surface area contributed by atoms with Gasteiger partial charge in [-0.05, 0) is 36.4 Å². The molecule has 0 aliphatic carbocycles. The van der Waals surface area contributed by atoms with E-state index in [2.05, 4.69) is 4.98 Å². The minimum atomic E-state index is -0.580. The standard InChI is InChI=1S/C14H11ClN4O/c15-11-1-2-13-10(9-11)5-8-18(13)19(14(16)20)12-3-6-17-7-4-12/h1-9H,(H2,16,20). The van der Waals surface area contributed by atoms with Crippen molar-refractivity contribution in [3.8, 4) is 0 Å². The number of pyridine rings is 1. The van der Waals surface area contributed by atoms with Crippen LogP contribution in [0.2, 0.25) is 5.02 Å². The number of hydrogen-bond acceptors (Lipinski definition) is 2. The van der Waals surface area contributed by atoms with Crippen molar-refractivity contribution in [2.45, 2.75) is 0 Å². The molecule has 0 atom stereocenters. The van der Waals surface area contributed by atoms with Crippen molar-refractivity contribution in [3.63, 3.8) is 0 Å². The Balaban J connectivity index is 2.18. The number of amides is 2. The first-order valence-electron chi connectivity index (χ1n) is 5.93. The fourth-order valence-corrected chi connectivity index (χ4v) is 2.30. The Bertz CT molecular complexity index is 769. The van der Waals surface area contributed by atoms with Gasteiger partial charge in [-0.25, -0.2) is 4.79 Å². The lowest BCUT2D eigenvalue weighted by atomic mass is 10.2. The highest BCUT2D eigenvalue weighted by Gasteiger charge is 2.16. The van der Waals surface area contributed by atoms with Crippen molar-refractivity contribution in [1.82, 2.24) is 9.66 Å². The Labute approximate surface area is 120 Å². The quantitative estimate of drug-likeness (QED) is 0.787. The fourth-order valence-electron chi connectivity index (χ4n) is 2.12. The number of carbonyl (C=O) groups excluding carboxylic acids is 1. The second-order valence-electron chi connectivity index (χ2n) is 4.22. The SMILES string of the molecule is NC(=O)N(c1ccncc1)n1ccc2cc(Cl)ccc21. The number of urea groups is 1. The molecule has 0 spiro atoms. The van der Waals surface area contributed by atoms with Crippen LogP contribution in [-0.2, 0) is 0 Å². The summed E-state index contributed by atoms with van der Waals surface area (Å²) < 4.78 is 1.68. The van der Waals surface area contributed by atoms with Gasteiger partial charge >= 0.3 is 6.03 Å². The van der Waals surface area contributed by atoms with Crippen molar-refractivity contribution in [2.75, 3.05) is 5.01 Å². The molecule has 0 aliphatic rings. The number of fused-ring (bicyclic) bond motifs is 1. The number of nitrogens with zero attached hydrogens (tertiary/aromatic N) is 3. The lowest BCUT2D eigenvalue weighted by Gasteiger charge is -2.22. The van der Waals surface area contributed by atoms with Gasteiger partial charge in [0.1, 0.15) is 0 Å². The van der Waals surface area contributed by atoms with Gasteiger partial charge in [0.25, 0.3) is 0 Å². The van der Waals surface area contributed by atoms with Gasteiger partial charge in [0.2, 0.25) is 0 Å². The zero-order chi connectivity index (χ0) is 14.1. The Hall–Kier alpha value is -2.53. The molecule has 2 aromatic heterocycles. The third-order valence-electron chi connectivity index (χ3n) is 2.96. The summed E-state index contributed by atoms with van der Waals surface area (Å²) in [7, 11) is 0. The lowest BCUT2D eigenvalue weighted by Crippen LogP contribution is -2.39. The first kappa shape index (κ1) is 12.5. The molecule has 5 nitrogen and oxygen atoms in total. The van der Waals surface area contributed by atoms with Crippen molar-refractivity contribution in [1.29, 1.82) is 0 Å². The molecule has 0 aliphatic heterocycles. The van der Waals surface area contributed by atoms with E-state index >= 15 is 0 Å². The Morgan fingerprint density at radius 2 is 1.95 bits per heavy atom. The number of primary amides is 1. The van der Waals surface area contributed by atoms with Crippen LogP contribution in [0.4, 0.5) is 10.5 Å². The maximum atomic E-state index is 11.8. The van der Waals surface area contributed by atoms with E-state index in [4.69, 9.17) is 17.3 Å². The number of aromatic nitrogens is 2. The molecule has 0 bridgehead atoms. The summed E-state index contributed by atoms with van der Waals surface area (Å²) in [5.41, 5.74) is 6.98. The molecule has 0 radical (unpaired) electrons. The predicted octanol–water partition coefficient (Wildman–Crippen LogP) is 3.04. The fraction of sp³-hybridized carbons (Fsp3) is 0. The minimum Gasteiger partial charge on any atom is -0.350 e. The predicted molar refractivity (Wildman–Crippen MR) is 78.6 cm³/mol. The van der Waals surface area contributed by atoms with E-state index in [0.717, 1.165) is 10.9 Å². The second-order valence-corrected chi connectivity index (χ2v) is 4.66. The second kappa shape index (κ2) is 4.86. The van der Waals surface area contributed by atoms with Crippen LogP contribution in [-0.4, -0.2) is 15.7 Å². The summed E-state index contributed by atoms with van der Waals surface area (Å²) in [6.45, 7) is 0. The number of rotatable bonds is 2. The van der Waals surface area contributed by atoms with Crippen LogP contribution < -0.4 is 10.7 Å². The summed E-state index contributed by atoms with van der Waals surface area (Å²) in [6.07, 6.45) is 4.98. The largest absolute Gasteiger partial charge is 0.350 e. The molecule has 3 aromatic rings. The van der Waals surface area contributed by atoms with Crippen LogP contribution in [0.5, 0.6) is 0 Å². The Kier molecular flexibility index (Phi) is 3.04. The van der Waals surface area contributed by atoms with Crippen LogP contribution in [0.3, 0.4) is 0 Å². The smallest absolute Gasteiger partial charge is 0.338 e. The summed E-state index contributed by atoms with van der Waals surface area (Å²) in [5, 5.41) is 2.94. The molecular formula is C14H11ClN4O. The van der Waals surface area contributed by atoms with Crippen molar-refractivity contribution >= 4 is 34.2 Å². The molecule has 0 unspecified atom stereocenters. The first-order chi connectivity index (χ1) is 9.66. The summed E-state index contributed by atoms with van der Waals surface area (Å²) >= 11 is 5.96. The highest BCUT2D eigenvalue weighted by molar-refractivity contribution is 6.31. The van der Waals surface area contributed by atoms with Gasteiger partial charge in [0, 0.05) is 29.0 Å². The summed E-state index contributed by atoms with van der Waals surface area (Å²) in [6, 6.07) is 10.2. The molecule has 0 saturated carbocycles. The molecule has 0 fully saturated rings. The zero-order valence-corrected chi connectivity index (χ0v) is 11.2. The van der Waals surface area contributed by atoms with Crippen molar-refractivity contribution in [3.05, 3.63) is 60.0 Å². The van der Waals surface area contributed by atoms with E-state index < -0.39 is 6.03 Å². The molecule has 2 heterocycles. The van der Waals surface area contributed by atoms with Crippen LogP contribution in [0.15, 0.2) is 55.0 Å². The normalized spacial score (nSPS) is 10.7. The highest BCUT2D eigenvalue weighted by atomic mass is 35.5. The summed E-state index contributed by atoms with van der Waals surface area (Å²) in [5.74, 6) is 0. The van der Waals surface area contributed by atoms with E-state index in [1.165, 1.54) is 5.01 Å². The molecule has 2 N–H and O–H groups in total. The number of halogens is 1. The van der Waals surface area contributed by atoms with Crippen LogP contribution in [0, 0.1) is 0 Å². The van der Waals surface area contributed by atoms with Crippen LogP contribution >= 0.6 is 11.6 Å². The monoisotopic (exact) mass is 286 g/mol. The number of carbonyl (C=O) groups is 1. The maximum Gasteiger partial charge on any atom is 0.338 e. The van der Waals surface area contributed by atoms with E-state index in [-0.39, 0.29) is 0 Å². The Morgan fingerprint density at radius 3 is 2.65 bits per heavy atom.